The molecule has 9 heteroatoms. The number of ether oxygens (including phenoxy) is 1. The van der Waals surface area contributed by atoms with Crippen LogP contribution in [0.3, 0.4) is 0 Å². The van der Waals surface area contributed by atoms with Gasteiger partial charge in [0.25, 0.3) is 11.5 Å². The number of nitrogens with one attached hydrogen (secondary N) is 3. The molecule has 0 saturated carbocycles. The van der Waals surface area contributed by atoms with Crippen LogP contribution in [-0.4, -0.2) is 16.8 Å². The molecule has 3 aromatic heterocycles. The molecule has 0 aliphatic heterocycles. The third-order valence-corrected chi connectivity index (χ3v) is 4.24. The number of hydrogen-bond acceptors (Lipinski definition) is 6. The minimum atomic E-state index is -0.778. The highest BCUT2D eigenvalue weighted by Gasteiger charge is 2.16. The van der Waals surface area contributed by atoms with Crippen molar-refractivity contribution < 1.29 is 23.2 Å². The molecule has 156 valence electrons. The van der Waals surface area contributed by atoms with E-state index in [2.05, 4.69) is 15.8 Å². The summed E-state index contributed by atoms with van der Waals surface area (Å²) in [5.74, 6) is 0.0877. The highest BCUT2D eigenvalue weighted by Crippen LogP contribution is 2.16. The second kappa shape index (κ2) is 8.87. The molecule has 0 saturated heterocycles. The Hall–Kier alpha value is -4.53. The number of aromatic nitrogens is 1. The van der Waals surface area contributed by atoms with Crippen molar-refractivity contribution in [2.24, 2.45) is 0 Å². The molecule has 0 atom stereocenters. The smallest absolute Gasteiger partial charge is 0.305 e. The Kier molecular flexibility index (Phi) is 5.66. The van der Waals surface area contributed by atoms with Crippen molar-refractivity contribution in [1.82, 2.24) is 15.8 Å². The van der Waals surface area contributed by atoms with Gasteiger partial charge in [-0.25, -0.2) is 0 Å². The number of furan rings is 2. The largest absolute Gasteiger partial charge is 0.486 e. The molecule has 3 heterocycles. The van der Waals surface area contributed by atoms with E-state index in [1.165, 1.54) is 24.5 Å². The minimum absolute atomic E-state index is 0.0194. The summed E-state index contributed by atoms with van der Waals surface area (Å²) in [5, 5.41) is 0. The lowest BCUT2D eigenvalue weighted by molar-refractivity contribution is 0.0827. The summed E-state index contributed by atoms with van der Waals surface area (Å²) in [4.78, 5) is 39.2. The third-order valence-electron chi connectivity index (χ3n) is 4.24. The zero-order chi connectivity index (χ0) is 21.6. The highest BCUT2D eigenvalue weighted by molar-refractivity contribution is 5.97. The number of rotatable bonds is 6. The zero-order valence-electron chi connectivity index (χ0n) is 16.1. The SMILES string of the molecule is O=C(NNC(=O)c1ccc(-c2ccco2)[nH]c1=O)c1ccc(COc2ccccc2)o1. The van der Waals surface area contributed by atoms with Crippen LogP contribution in [-0.2, 0) is 6.61 Å². The van der Waals surface area contributed by atoms with Gasteiger partial charge in [-0.2, -0.15) is 0 Å². The van der Waals surface area contributed by atoms with Gasteiger partial charge < -0.3 is 18.6 Å². The normalized spacial score (nSPS) is 10.5. The first-order chi connectivity index (χ1) is 15.1. The van der Waals surface area contributed by atoms with Gasteiger partial charge in [-0.05, 0) is 48.5 Å². The molecule has 0 fully saturated rings. The van der Waals surface area contributed by atoms with Gasteiger partial charge in [0.1, 0.15) is 29.4 Å². The van der Waals surface area contributed by atoms with Crippen LogP contribution in [0.4, 0.5) is 0 Å². The molecule has 9 nitrogen and oxygen atoms in total. The molecule has 0 radical (unpaired) electrons. The maximum atomic E-state index is 12.2. The quantitative estimate of drug-likeness (QED) is 0.413. The maximum Gasteiger partial charge on any atom is 0.305 e. The van der Waals surface area contributed by atoms with E-state index in [1.807, 2.05) is 18.2 Å². The Morgan fingerprint density at radius 2 is 1.71 bits per heavy atom. The average Bonchev–Trinajstić information content (AvgIpc) is 3.49. The highest BCUT2D eigenvalue weighted by atomic mass is 16.5. The van der Waals surface area contributed by atoms with Crippen LogP contribution in [0.2, 0.25) is 0 Å². The van der Waals surface area contributed by atoms with Gasteiger partial charge in [0.2, 0.25) is 0 Å². The molecule has 31 heavy (non-hydrogen) atoms. The fourth-order valence-electron chi connectivity index (χ4n) is 2.72. The lowest BCUT2D eigenvalue weighted by atomic mass is 10.2. The number of benzene rings is 1. The van der Waals surface area contributed by atoms with Crippen molar-refractivity contribution in [2.75, 3.05) is 0 Å². The number of carbonyl (C=O) groups is 2. The number of hydrogen-bond donors (Lipinski definition) is 3. The van der Waals surface area contributed by atoms with Crippen LogP contribution in [0, 0.1) is 0 Å². The van der Waals surface area contributed by atoms with E-state index in [0.29, 0.717) is 23.0 Å². The molecule has 0 aliphatic carbocycles. The van der Waals surface area contributed by atoms with Crippen molar-refractivity contribution in [3.63, 3.8) is 0 Å². The first-order valence-electron chi connectivity index (χ1n) is 9.24. The molecule has 2 amide bonds. The molecule has 3 N–H and O–H groups in total. The van der Waals surface area contributed by atoms with Gasteiger partial charge in [0.05, 0.1) is 12.0 Å². The summed E-state index contributed by atoms with van der Waals surface area (Å²) in [5.41, 5.74) is 4.02. The minimum Gasteiger partial charge on any atom is -0.486 e. The number of carbonyl (C=O) groups excluding carboxylic acids is 2. The fraction of sp³-hybridized carbons (Fsp3) is 0.0455. The summed E-state index contributed by atoms with van der Waals surface area (Å²) >= 11 is 0. The number of amides is 2. The monoisotopic (exact) mass is 419 g/mol. The lowest BCUT2D eigenvalue weighted by Crippen LogP contribution is -2.43. The third kappa shape index (κ3) is 4.73. The molecular formula is C22H17N3O6. The van der Waals surface area contributed by atoms with E-state index in [4.69, 9.17) is 13.6 Å². The number of hydrazine groups is 1. The lowest BCUT2D eigenvalue weighted by Gasteiger charge is -2.06. The van der Waals surface area contributed by atoms with Gasteiger partial charge >= 0.3 is 5.91 Å². The first kappa shape index (κ1) is 19.8. The summed E-state index contributed by atoms with van der Waals surface area (Å²) in [6.07, 6.45) is 1.47. The molecular weight excluding hydrogens is 402 g/mol. The van der Waals surface area contributed by atoms with Crippen LogP contribution in [0.25, 0.3) is 11.5 Å². The molecule has 0 unspecified atom stereocenters. The van der Waals surface area contributed by atoms with Gasteiger partial charge in [0, 0.05) is 0 Å². The summed E-state index contributed by atoms with van der Waals surface area (Å²) in [6.45, 7) is 0.140. The Morgan fingerprint density at radius 3 is 2.45 bits per heavy atom. The Labute approximate surface area is 175 Å². The van der Waals surface area contributed by atoms with Crippen molar-refractivity contribution in [3.05, 3.63) is 100 Å². The molecule has 0 spiro atoms. The Morgan fingerprint density at radius 1 is 0.903 bits per heavy atom. The molecule has 4 rings (SSSR count). The number of para-hydroxylation sites is 1. The average molecular weight is 419 g/mol. The Balaban J connectivity index is 1.33. The second-order valence-electron chi connectivity index (χ2n) is 6.37. The summed E-state index contributed by atoms with van der Waals surface area (Å²) < 4.78 is 16.2. The van der Waals surface area contributed by atoms with Crippen molar-refractivity contribution in [3.8, 4) is 17.2 Å². The van der Waals surface area contributed by atoms with Gasteiger partial charge in [0.15, 0.2) is 5.76 Å². The van der Waals surface area contributed by atoms with E-state index < -0.39 is 17.4 Å². The standard InChI is InChI=1S/C22H17N3O6/c26-20-16(9-10-17(23-20)18-7-4-12-29-18)21(27)24-25-22(28)19-11-8-15(31-19)13-30-14-5-2-1-3-6-14/h1-12H,13H2,(H,23,26)(H,24,27)(H,25,28). The van der Waals surface area contributed by atoms with Crippen molar-refractivity contribution >= 4 is 11.8 Å². The van der Waals surface area contributed by atoms with Gasteiger partial charge in [-0.3, -0.25) is 25.2 Å². The van der Waals surface area contributed by atoms with E-state index in [0.717, 1.165) is 0 Å². The topological polar surface area (TPSA) is 127 Å². The van der Waals surface area contributed by atoms with Crippen molar-refractivity contribution in [2.45, 2.75) is 6.61 Å². The van der Waals surface area contributed by atoms with Gasteiger partial charge in [-0.1, -0.05) is 18.2 Å². The van der Waals surface area contributed by atoms with E-state index in [1.54, 1.807) is 30.3 Å². The second-order valence-corrected chi connectivity index (χ2v) is 6.37. The maximum absolute atomic E-state index is 12.2. The van der Waals surface area contributed by atoms with Gasteiger partial charge in [-0.15, -0.1) is 0 Å². The summed E-state index contributed by atoms with van der Waals surface area (Å²) in [6, 6.07) is 18.4. The fourth-order valence-corrected chi connectivity index (χ4v) is 2.72. The zero-order valence-corrected chi connectivity index (χ0v) is 16.1. The molecule has 0 bridgehead atoms. The predicted octanol–water partition coefficient (Wildman–Crippen LogP) is 2.88. The number of pyridine rings is 1. The first-order valence-corrected chi connectivity index (χ1v) is 9.24. The molecule has 4 aromatic rings. The van der Waals surface area contributed by atoms with Crippen LogP contribution < -0.4 is 21.1 Å². The molecule has 0 aliphatic rings. The van der Waals surface area contributed by atoms with E-state index in [-0.39, 0.29) is 17.9 Å². The van der Waals surface area contributed by atoms with Crippen LogP contribution in [0.1, 0.15) is 26.7 Å². The molecule has 1 aromatic carbocycles. The number of aromatic amines is 1. The predicted molar refractivity (Wildman–Crippen MR) is 109 cm³/mol. The number of H-pyrrole nitrogens is 1. The van der Waals surface area contributed by atoms with Crippen LogP contribution >= 0.6 is 0 Å². The van der Waals surface area contributed by atoms with Crippen LogP contribution in [0.15, 0.2) is 86.6 Å². The van der Waals surface area contributed by atoms with Crippen molar-refractivity contribution in [1.29, 1.82) is 0 Å². The Bertz CT molecular complexity index is 1240. The summed E-state index contributed by atoms with van der Waals surface area (Å²) in [7, 11) is 0. The van der Waals surface area contributed by atoms with E-state index in [9.17, 15) is 14.4 Å². The van der Waals surface area contributed by atoms with E-state index >= 15 is 0 Å². The van der Waals surface area contributed by atoms with Crippen LogP contribution in [0.5, 0.6) is 5.75 Å².